The Morgan fingerprint density at radius 1 is 1.12 bits per heavy atom. The Hall–Kier alpha value is -2.03. The highest BCUT2D eigenvalue weighted by Crippen LogP contribution is 2.51. The Morgan fingerprint density at radius 2 is 1.85 bits per heavy atom. The quantitative estimate of drug-likeness (QED) is 0.534. The van der Waals surface area contributed by atoms with Crippen molar-refractivity contribution in [2.24, 2.45) is 11.3 Å². The molecule has 0 saturated heterocycles. The molecule has 1 aromatic carbocycles. The first kappa shape index (κ1) is 18.8. The SMILES string of the molecule is COC(=O)C1=CC(C)(C2CCCCCC2)C(c2cccc(OC)c2)C=C1. The molecule has 2 aliphatic rings. The molecular weight excluding hydrogens is 324 g/mol. The van der Waals surface area contributed by atoms with Gasteiger partial charge in [0.25, 0.3) is 0 Å². The van der Waals surface area contributed by atoms with Crippen LogP contribution in [-0.2, 0) is 9.53 Å². The van der Waals surface area contributed by atoms with Crippen molar-refractivity contribution in [3.05, 3.63) is 53.6 Å². The number of ether oxygens (including phenoxy) is 2. The Balaban J connectivity index is 2.02. The van der Waals surface area contributed by atoms with Gasteiger partial charge in [-0.15, -0.1) is 0 Å². The van der Waals surface area contributed by atoms with Crippen LogP contribution in [0.1, 0.15) is 56.9 Å². The molecule has 0 aliphatic heterocycles. The highest BCUT2D eigenvalue weighted by atomic mass is 16.5. The number of benzene rings is 1. The van der Waals surface area contributed by atoms with E-state index in [0.29, 0.717) is 11.5 Å². The predicted molar refractivity (Wildman–Crippen MR) is 104 cm³/mol. The van der Waals surface area contributed by atoms with Crippen molar-refractivity contribution in [2.45, 2.75) is 51.4 Å². The number of carbonyl (C=O) groups excluding carboxylic acids is 1. The smallest absolute Gasteiger partial charge is 0.337 e. The zero-order chi connectivity index (χ0) is 18.6. The Morgan fingerprint density at radius 3 is 2.50 bits per heavy atom. The maximum atomic E-state index is 12.2. The molecule has 0 aromatic heterocycles. The fraction of sp³-hybridized carbons (Fsp3) is 0.522. The van der Waals surface area contributed by atoms with Crippen molar-refractivity contribution in [3.8, 4) is 5.75 Å². The molecular formula is C23H30O3. The molecule has 1 aromatic rings. The minimum atomic E-state index is -0.245. The Kier molecular flexibility index (Phi) is 5.85. The summed E-state index contributed by atoms with van der Waals surface area (Å²) in [5, 5.41) is 0. The highest BCUT2D eigenvalue weighted by Gasteiger charge is 2.41. The molecule has 3 nitrogen and oxygen atoms in total. The summed E-state index contributed by atoms with van der Waals surface area (Å²) in [5.41, 5.74) is 1.82. The molecule has 140 valence electrons. The first-order valence-corrected chi connectivity index (χ1v) is 9.72. The zero-order valence-electron chi connectivity index (χ0n) is 16.2. The summed E-state index contributed by atoms with van der Waals surface area (Å²) in [7, 11) is 3.16. The number of esters is 1. The lowest BCUT2D eigenvalue weighted by Crippen LogP contribution is -2.34. The minimum Gasteiger partial charge on any atom is -0.497 e. The van der Waals surface area contributed by atoms with Crippen molar-refractivity contribution < 1.29 is 14.3 Å². The van der Waals surface area contributed by atoms with Crippen molar-refractivity contribution in [2.75, 3.05) is 14.2 Å². The molecule has 3 heteroatoms. The highest BCUT2D eigenvalue weighted by molar-refractivity contribution is 5.92. The third-order valence-electron chi connectivity index (χ3n) is 6.21. The van der Waals surface area contributed by atoms with Gasteiger partial charge in [0.2, 0.25) is 0 Å². The van der Waals surface area contributed by atoms with Gasteiger partial charge in [-0.3, -0.25) is 0 Å². The Labute approximate surface area is 157 Å². The van der Waals surface area contributed by atoms with E-state index in [-0.39, 0.29) is 17.3 Å². The molecule has 3 rings (SSSR count). The average molecular weight is 354 g/mol. The van der Waals surface area contributed by atoms with E-state index in [2.05, 4.69) is 37.3 Å². The summed E-state index contributed by atoms with van der Waals surface area (Å²) >= 11 is 0. The minimum absolute atomic E-state index is 0.102. The fourth-order valence-corrected chi connectivity index (χ4v) is 4.70. The van der Waals surface area contributed by atoms with E-state index in [1.165, 1.54) is 51.2 Å². The van der Waals surface area contributed by atoms with E-state index < -0.39 is 0 Å². The van der Waals surface area contributed by atoms with Crippen LogP contribution in [-0.4, -0.2) is 20.2 Å². The molecule has 26 heavy (non-hydrogen) atoms. The lowest BCUT2D eigenvalue weighted by molar-refractivity contribution is -0.135. The standard InChI is InChI=1S/C23H30O3/c1-23(19-10-6-4-5-7-11-19)16-18(22(24)26-3)13-14-21(23)17-9-8-12-20(15-17)25-2/h8-9,12-16,19,21H,4-7,10-11H2,1-3H3. The predicted octanol–water partition coefficient (Wildman–Crippen LogP) is 5.42. The summed E-state index contributed by atoms with van der Waals surface area (Å²) < 4.78 is 10.4. The van der Waals surface area contributed by atoms with Crippen LogP contribution in [0.5, 0.6) is 5.75 Å². The van der Waals surface area contributed by atoms with Gasteiger partial charge in [0.15, 0.2) is 0 Å². The number of hydrogen-bond donors (Lipinski definition) is 0. The second-order valence-electron chi connectivity index (χ2n) is 7.76. The number of carbonyl (C=O) groups is 1. The number of allylic oxidation sites excluding steroid dienone is 2. The number of rotatable bonds is 4. The molecule has 0 spiro atoms. The van der Waals surface area contributed by atoms with Gasteiger partial charge in [-0.2, -0.15) is 0 Å². The van der Waals surface area contributed by atoms with E-state index >= 15 is 0 Å². The van der Waals surface area contributed by atoms with Crippen LogP contribution in [0.15, 0.2) is 48.1 Å². The van der Waals surface area contributed by atoms with Gasteiger partial charge in [-0.05, 0) is 41.9 Å². The molecule has 0 radical (unpaired) electrons. The second kappa shape index (κ2) is 8.11. The summed E-state index contributed by atoms with van der Waals surface area (Å²) in [6.45, 7) is 2.32. The van der Waals surface area contributed by atoms with E-state index in [4.69, 9.17) is 9.47 Å². The van der Waals surface area contributed by atoms with Gasteiger partial charge < -0.3 is 9.47 Å². The Bertz CT molecular complexity index is 695. The van der Waals surface area contributed by atoms with E-state index in [9.17, 15) is 4.79 Å². The van der Waals surface area contributed by atoms with Crippen LogP contribution in [0.3, 0.4) is 0 Å². The molecule has 2 aliphatic carbocycles. The third-order valence-corrected chi connectivity index (χ3v) is 6.21. The molecule has 1 saturated carbocycles. The lowest BCUT2D eigenvalue weighted by Gasteiger charge is -2.43. The number of hydrogen-bond acceptors (Lipinski definition) is 3. The van der Waals surface area contributed by atoms with E-state index in [1.807, 2.05) is 12.1 Å². The molecule has 2 atom stereocenters. The van der Waals surface area contributed by atoms with Gasteiger partial charge in [-0.25, -0.2) is 4.79 Å². The van der Waals surface area contributed by atoms with Crippen LogP contribution >= 0.6 is 0 Å². The maximum Gasteiger partial charge on any atom is 0.337 e. The van der Waals surface area contributed by atoms with Crippen LogP contribution < -0.4 is 4.74 Å². The van der Waals surface area contributed by atoms with Gasteiger partial charge >= 0.3 is 5.97 Å². The molecule has 0 heterocycles. The zero-order valence-corrected chi connectivity index (χ0v) is 16.2. The van der Waals surface area contributed by atoms with Gasteiger partial charge in [0.05, 0.1) is 19.8 Å². The fourth-order valence-electron chi connectivity index (χ4n) is 4.70. The van der Waals surface area contributed by atoms with Crippen molar-refractivity contribution in [1.82, 2.24) is 0 Å². The van der Waals surface area contributed by atoms with Crippen LogP contribution in [0.4, 0.5) is 0 Å². The van der Waals surface area contributed by atoms with Crippen LogP contribution in [0.2, 0.25) is 0 Å². The molecule has 0 N–H and O–H groups in total. The maximum absolute atomic E-state index is 12.2. The van der Waals surface area contributed by atoms with Crippen LogP contribution in [0.25, 0.3) is 0 Å². The van der Waals surface area contributed by atoms with Crippen LogP contribution in [0, 0.1) is 11.3 Å². The molecule has 0 amide bonds. The third kappa shape index (κ3) is 3.72. The summed E-state index contributed by atoms with van der Waals surface area (Å²) in [5.74, 6) is 1.42. The molecule has 2 unspecified atom stereocenters. The first-order valence-electron chi connectivity index (χ1n) is 9.72. The van der Waals surface area contributed by atoms with E-state index in [0.717, 1.165) is 5.75 Å². The topological polar surface area (TPSA) is 35.5 Å². The largest absolute Gasteiger partial charge is 0.497 e. The second-order valence-corrected chi connectivity index (χ2v) is 7.76. The molecule has 0 bridgehead atoms. The van der Waals surface area contributed by atoms with Gasteiger partial charge in [0.1, 0.15) is 5.75 Å². The number of methoxy groups -OCH3 is 2. The summed E-state index contributed by atoms with van der Waals surface area (Å²) in [4.78, 5) is 12.2. The first-order chi connectivity index (χ1) is 12.6. The monoisotopic (exact) mass is 354 g/mol. The normalized spacial score (nSPS) is 26.7. The average Bonchev–Trinajstić information content (AvgIpc) is 2.97. The van der Waals surface area contributed by atoms with Crippen molar-refractivity contribution in [1.29, 1.82) is 0 Å². The lowest BCUT2D eigenvalue weighted by atomic mass is 9.61. The molecule has 1 fully saturated rings. The van der Waals surface area contributed by atoms with Crippen molar-refractivity contribution >= 4 is 5.97 Å². The van der Waals surface area contributed by atoms with Crippen molar-refractivity contribution in [3.63, 3.8) is 0 Å². The van der Waals surface area contributed by atoms with Gasteiger partial charge in [-0.1, -0.05) is 63.0 Å². The van der Waals surface area contributed by atoms with Gasteiger partial charge in [0, 0.05) is 5.92 Å². The summed E-state index contributed by atoms with van der Waals surface area (Å²) in [6.07, 6.45) is 13.9. The van der Waals surface area contributed by atoms with E-state index in [1.54, 1.807) is 7.11 Å². The summed E-state index contributed by atoms with van der Waals surface area (Å²) in [6, 6.07) is 8.33.